The number of hydrogen-bond donors (Lipinski definition) is 0. The van der Waals surface area contributed by atoms with Crippen LogP contribution in [0.1, 0.15) is 49.7 Å². The molecule has 0 spiro atoms. The highest BCUT2D eigenvalue weighted by atomic mass is 32.2. The van der Waals surface area contributed by atoms with Gasteiger partial charge < -0.3 is 9.29 Å². The van der Waals surface area contributed by atoms with Crippen molar-refractivity contribution < 1.29 is 31.3 Å². The summed E-state index contributed by atoms with van der Waals surface area (Å²) >= 11 is 0. The van der Waals surface area contributed by atoms with Gasteiger partial charge in [-0.2, -0.15) is 8.78 Å². The third kappa shape index (κ3) is 7.12. The quantitative estimate of drug-likeness (QED) is 0.245. The van der Waals surface area contributed by atoms with Crippen molar-refractivity contribution in [3.63, 3.8) is 0 Å². The molecule has 0 saturated heterocycles. The van der Waals surface area contributed by atoms with E-state index in [9.17, 15) is 26.5 Å². The van der Waals surface area contributed by atoms with Gasteiger partial charge in [0.2, 0.25) is 0 Å². The number of rotatable bonds is 8. The molecule has 4 fully saturated rings. The first-order chi connectivity index (χ1) is 17.5. The second kappa shape index (κ2) is 11.4. The van der Waals surface area contributed by atoms with Crippen LogP contribution in [0, 0.1) is 23.2 Å². The minimum atomic E-state index is -6.04. The standard InChI is InChI=1S/C15H17S.C13H18F2O5S/c1-16(12-14-8-4-2-5-9-14)13-15-10-6-3-7-11-15;14-13(15,21(17,18)19)11(16)20-7-12-4-8-1-9(5-12)3-10(2-8)6-12/h2-11H,12-13H2,1H3;8-10H,1-7H2,(H,17,18,19)/q+1;/p-1. The topological polar surface area (TPSA) is 83.5 Å². The summed E-state index contributed by atoms with van der Waals surface area (Å²) in [6, 6.07) is 21.5. The molecule has 0 radical (unpaired) electrons. The maximum Gasteiger partial charge on any atom is 0.428 e. The number of ether oxygens (including phenoxy) is 1. The number of alkyl halides is 2. The lowest BCUT2D eigenvalue weighted by Crippen LogP contribution is -2.49. The Morgan fingerprint density at radius 2 is 1.32 bits per heavy atom. The molecule has 2 aromatic carbocycles. The Kier molecular flexibility index (Phi) is 8.65. The molecule has 0 aliphatic heterocycles. The molecule has 0 heterocycles. The first-order valence-corrected chi connectivity index (χ1v) is 16.0. The third-order valence-electron chi connectivity index (χ3n) is 7.74. The van der Waals surface area contributed by atoms with Crippen molar-refractivity contribution in [2.75, 3.05) is 12.9 Å². The Morgan fingerprint density at radius 1 is 0.919 bits per heavy atom. The number of halogens is 2. The maximum absolute atomic E-state index is 13.1. The molecule has 4 aliphatic carbocycles. The van der Waals surface area contributed by atoms with Gasteiger partial charge in [-0.25, -0.2) is 13.2 Å². The van der Waals surface area contributed by atoms with Gasteiger partial charge in [-0.15, -0.1) is 0 Å². The first kappa shape index (κ1) is 28.0. The summed E-state index contributed by atoms with van der Waals surface area (Å²) in [5.74, 6) is 1.80. The zero-order valence-corrected chi connectivity index (χ0v) is 22.6. The molecule has 202 valence electrons. The van der Waals surface area contributed by atoms with Crippen LogP contribution in [0.15, 0.2) is 60.7 Å². The van der Waals surface area contributed by atoms with Crippen molar-refractivity contribution in [3.8, 4) is 0 Å². The molecule has 4 aliphatic rings. The lowest BCUT2D eigenvalue weighted by Gasteiger charge is -2.56. The number of esters is 1. The normalized spacial score (nSPS) is 26.5. The van der Waals surface area contributed by atoms with E-state index in [-0.39, 0.29) is 12.0 Å². The molecule has 0 N–H and O–H groups in total. The first-order valence-electron chi connectivity index (χ1n) is 12.6. The molecular formula is C28H34F2O5S2. The molecule has 4 bridgehead atoms. The molecule has 6 rings (SSSR count). The van der Waals surface area contributed by atoms with Gasteiger partial charge in [-0.1, -0.05) is 60.7 Å². The monoisotopic (exact) mass is 552 g/mol. The highest BCUT2D eigenvalue weighted by molar-refractivity contribution is 7.94. The zero-order chi connectivity index (χ0) is 26.7. The van der Waals surface area contributed by atoms with Crippen LogP contribution in [-0.2, 0) is 42.1 Å². The summed E-state index contributed by atoms with van der Waals surface area (Å²) in [5, 5.41) is -5.00. The molecule has 9 heteroatoms. The zero-order valence-electron chi connectivity index (χ0n) is 21.0. The predicted molar refractivity (Wildman–Crippen MR) is 140 cm³/mol. The predicted octanol–water partition coefficient (Wildman–Crippen LogP) is 5.52. The Morgan fingerprint density at radius 3 is 1.70 bits per heavy atom. The van der Waals surface area contributed by atoms with Gasteiger partial charge in [-0.3, -0.25) is 0 Å². The SMILES string of the molecule is C[S+](Cc1ccccc1)Cc1ccccc1.O=C(OCC12CC3CC(CC(C3)C1)C2)C(F)(F)S(=O)(=O)[O-]. The van der Waals surface area contributed by atoms with Gasteiger partial charge in [0, 0.05) is 16.5 Å². The minimum absolute atomic E-state index is 0.208. The Bertz CT molecular complexity index is 1080. The maximum atomic E-state index is 13.1. The second-order valence-corrected chi connectivity index (χ2v) is 14.6. The van der Waals surface area contributed by atoms with Gasteiger partial charge in [0.25, 0.3) is 0 Å². The van der Waals surface area contributed by atoms with Crippen LogP contribution in [-0.4, -0.2) is 37.1 Å². The van der Waals surface area contributed by atoms with E-state index in [1.807, 2.05) is 0 Å². The summed E-state index contributed by atoms with van der Waals surface area (Å²) in [6.07, 6.45) is 8.31. The van der Waals surface area contributed by atoms with Crippen LogP contribution in [0.3, 0.4) is 0 Å². The van der Waals surface area contributed by atoms with Crippen molar-refractivity contribution in [2.45, 2.75) is 55.3 Å². The molecule has 4 saturated carbocycles. The highest BCUT2D eigenvalue weighted by Crippen LogP contribution is 2.60. The van der Waals surface area contributed by atoms with Crippen LogP contribution in [0.2, 0.25) is 0 Å². The molecule has 37 heavy (non-hydrogen) atoms. The lowest BCUT2D eigenvalue weighted by atomic mass is 9.50. The van der Waals surface area contributed by atoms with E-state index < -0.39 is 21.3 Å². The Labute approximate surface area is 221 Å². The average Bonchev–Trinajstić information content (AvgIpc) is 2.82. The molecule has 0 unspecified atom stereocenters. The molecule has 2 aromatic rings. The lowest BCUT2D eigenvalue weighted by molar-refractivity contribution is -0.172. The highest BCUT2D eigenvalue weighted by Gasteiger charge is 2.53. The Hall–Kier alpha value is -1.97. The molecule has 0 atom stereocenters. The van der Waals surface area contributed by atoms with E-state index in [1.54, 1.807) is 0 Å². The van der Waals surface area contributed by atoms with Gasteiger partial charge in [0.05, 0.1) is 12.9 Å². The van der Waals surface area contributed by atoms with E-state index >= 15 is 0 Å². The molecule has 0 aromatic heterocycles. The van der Waals surface area contributed by atoms with Crippen molar-refractivity contribution in [1.82, 2.24) is 0 Å². The largest absolute Gasteiger partial charge is 0.743 e. The van der Waals surface area contributed by atoms with E-state index in [2.05, 4.69) is 71.7 Å². The number of benzene rings is 2. The Balaban J connectivity index is 0.000000180. The fraction of sp³-hybridized carbons (Fsp3) is 0.536. The van der Waals surface area contributed by atoms with E-state index in [1.165, 1.54) is 22.6 Å². The van der Waals surface area contributed by atoms with Gasteiger partial charge in [-0.05, 0) is 67.2 Å². The smallest absolute Gasteiger partial charge is 0.428 e. The summed E-state index contributed by atoms with van der Waals surface area (Å²) in [7, 11) is -5.61. The van der Waals surface area contributed by atoms with E-state index in [0.717, 1.165) is 38.5 Å². The van der Waals surface area contributed by atoms with Crippen LogP contribution < -0.4 is 0 Å². The number of hydrogen-bond acceptors (Lipinski definition) is 5. The van der Waals surface area contributed by atoms with Crippen LogP contribution in [0.25, 0.3) is 0 Å². The molecular weight excluding hydrogens is 518 g/mol. The van der Waals surface area contributed by atoms with E-state index in [4.69, 9.17) is 0 Å². The fourth-order valence-corrected chi connectivity index (χ4v) is 8.53. The minimum Gasteiger partial charge on any atom is -0.743 e. The van der Waals surface area contributed by atoms with Crippen LogP contribution in [0.4, 0.5) is 8.78 Å². The summed E-state index contributed by atoms with van der Waals surface area (Å²) in [5.41, 5.74) is 2.60. The van der Waals surface area contributed by atoms with Gasteiger partial charge in [0.15, 0.2) is 10.1 Å². The summed E-state index contributed by atoms with van der Waals surface area (Å²) in [4.78, 5) is 11.3. The van der Waals surface area contributed by atoms with E-state index in [0.29, 0.717) is 28.6 Å². The molecule has 0 amide bonds. The fourth-order valence-electron chi connectivity index (χ4n) is 6.64. The van der Waals surface area contributed by atoms with Gasteiger partial charge in [0.1, 0.15) is 11.5 Å². The van der Waals surface area contributed by atoms with Crippen molar-refractivity contribution in [1.29, 1.82) is 0 Å². The molecule has 5 nitrogen and oxygen atoms in total. The average molecular weight is 553 g/mol. The summed E-state index contributed by atoms with van der Waals surface area (Å²) in [6.45, 7) is -0.208. The number of carbonyl (C=O) groups is 1. The second-order valence-electron chi connectivity index (χ2n) is 11.0. The van der Waals surface area contributed by atoms with Crippen molar-refractivity contribution in [3.05, 3.63) is 71.8 Å². The third-order valence-corrected chi connectivity index (χ3v) is 10.2. The van der Waals surface area contributed by atoms with Crippen molar-refractivity contribution >= 4 is 27.0 Å². The van der Waals surface area contributed by atoms with Gasteiger partial charge >= 0.3 is 11.2 Å². The summed E-state index contributed by atoms with van der Waals surface area (Å²) < 4.78 is 62.0. The number of carbonyl (C=O) groups excluding carboxylic acids is 1. The van der Waals surface area contributed by atoms with Crippen LogP contribution in [0.5, 0.6) is 0 Å². The van der Waals surface area contributed by atoms with Crippen molar-refractivity contribution in [2.24, 2.45) is 23.2 Å². The van der Waals surface area contributed by atoms with Crippen LogP contribution >= 0.6 is 0 Å².